The predicted molar refractivity (Wildman–Crippen MR) is 83.8 cm³/mol. The highest BCUT2D eigenvalue weighted by atomic mass is 35.5. The number of nitrogens with one attached hydrogen (secondary N) is 1. The first-order valence-corrected chi connectivity index (χ1v) is 7.33. The molecule has 1 fully saturated rings. The highest BCUT2D eigenvalue weighted by Gasteiger charge is 2.26. The van der Waals surface area contributed by atoms with Crippen LogP contribution in [0, 0.1) is 0 Å². The molecule has 1 N–H and O–H groups in total. The van der Waals surface area contributed by atoms with E-state index >= 15 is 0 Å². The molecule has 1 atom stereocenters. The summed E-state index contributed by atoms with van der Waals surface area (Å²) < 4.78 is 0. The second kappa shape index (κ2) is 6.14. The van der Waals surface area contributed by atoms with Gasteiger partial charge in [0.15, 0.2) is 0 Å². The summed E-state index contributed by atoms with van der Waals surface area (Å²) in [5.41, 5.74) is 0.687. The number of anilines is 1. The van der Waals surface area contributed by atoms with Crippen LogP contribution in [0.2, 0.25) is 5.02 Å². The number of nitrogens with zero attached hydrogens (tertiary/aromatic N) is 2. The average molecular weight is 302 g/mol. The lowest BCUT2D eigenvalue weighted by Crippen LogP contribution is -2.37. The van der Waals surface area contributed by atoms with Gasteiger partial charge in [0.25, 0.3) is 5.91 Å². The van der Waals surface area contributed by atoms with Crippen LogP contribution in [0.3, 0.4) is 0 Å². The van der Waals surface area contributed by atoms with Crippen molar-refractivity contribution in [2.24, 2.45) is 0 Å². The molecule has 21 heavy (non-hydrogen) atoms. The van der Waals surface area contributed by atoms with Gasteiger partial charge in [-0.3, -0.25) is 4.79 Å². The molecule has 0 spiro atoms. The first-order valence-electron chi connectivity index (χ1n) is 6.95. The molecule has 1 aliphatic heterocycles. The van der Waals surface area contributed by atoms with E-state index in [1.165, 1.54) is 0 Å². The van der Waals surface area contributed by atoms with Crippen molar-refractivity contribution in [2.45, 2.75) is 12.5 Å². The number of amides is 1. The summed E-state index contributed by atoms with van der Waals surface area (Å²) in [6, 6.07) is 13.0. The second-order valence-corrected chi connectivity index (χ2v) is 5.49. The van der Waals surface area contributed by atoms with Crippen LogP contribution in [0.5, 0.6) is 0 Å². The molecule has 0 bridgehead atoms. The van der Waals surface area contributed by atoms with E-state index in [0.29, 0.717) is 10.6 Å². The SMILES string of the molecule is O=C(NC1CCN(c2ncccc2Cl)C1)c1ccccc1. The molecule has 1 aliphatic rings. The molecule has 108 valence electrons. The molecular formula is C16H16ClN3O. The minimum atomic E-state index is -0.0328. The quantitative estimate of drug-likeness (QED) is 0.948. The van der Waals surface area contributed by atoms with E-state index in [1.807, 2.05) is 42.5 Å². The van der Waals surface area contributed by atoms with Gasteiger partial charge >= 0.3 is 0 Å². The summed E-state index contributed by atoms with van der Waals surface area (Å²) in [5.74, 6) is 0.755. The molecule has 0 saturated carbocycles. The van der Waals surface area contributed by atoms with E-state index in [2.05, 4.69) is 15.2 Å². The van der Waals surface area contributed by atoms with Gasteiger partial charge in [-0.05, 0) is 30.7 Å². The zero-order chi connectivity index (χ0) is 14.7. The van der Waals surface area contributed by atoms with Crippen molar-refractivity contribution in [3.8, 4) is 0 Å². The molecule has 0 aliphatic carbocycles. The monoisotopic (exact) mass is 301 g/mol. The molecule has 2 aromatic rings. The largest absolute Gasteiger partial charge is 0.353 e. The fraction of sp³-hybridized carbons (Fsp3) is 0.250. The molecule has 1 unspecified atom stereocenters. The summed E-state index contributed by atoms with van der Waals surface area (Å²) in [4.78, 5) is 18.6. The number of hydrogen-bond donors (Lipinski definition) is 1. The van der Waals surface area contributed by atoms with Crippen molar-refractivity contribution in [2.75, 3.05) is 18.0 Å². The van der Waals surface area contributed by atoms with Crippen LogP contribution in [-0.2, 0) is 0 Å². The first-order chi connectivity index (χ1) is 10.2. The Morgan fingerprint density at radius 1 is 1.24 bits per heavy atom. The van der Waals surface area contributed by atoms with E-state index in [9.17, 15) is 4.79 Å². The van der Waals surface area contributed by atoms with Crippen molar-refractivity contribution in [1.82, 2.24) is 10.3 Å². The molecule has 1 saturated heterocycles. The minimum Gasteiger partial charge on any atom is -0.353 e. The zero-order valence-corrected chi connectivity index (χ0v) is 12.3. The van der Waals surface area contributed by atoms with Crippen molar-refractivity contribution >= 4 is 23.3 Å². The number of carbonyl (C=O) groups is 1. The van der Waals surface area contributed by atoms with Crippen molar-refractivity contribution < 1.29 is 4.79 Å². The Hall–Kier alpha value is -2.07. The lowest BCUT2D eigenvalue weighted by atomic mass is 10.2. The predicted octanol–water partition coefficient (Wildman–Crippen LogP) is 2.74. The second-order valence-electron chi connectivity index (χ2n) is 5.08. The first kappa shape index (κ1) is 13.9. The molecule has 4 nitrogen and oxygen atoms in total. The van der Waals surface area contributed by atoms with Gasteiger partial charge in [-0.15, -0.1) is 0 Å². The standard InChI is InChI=1S/C16H16ClN3O/c17-14-7-4-9-18-15(14)20-10-8-13(11-20)19-16(21)12-5-2-1-3-6-12/h1-7,9,13H,8,10-11H2,(H,19,21). The van der Waals surface area contributed by atoms with Gasteiger partial charge in [0.2, 0.25) is 0 Å². The number of carbonyl (C=O) groups excluding carboxylic acids is 1. The minimum absolute atomic E-state index is 0.0328. The number of benzene rings is 1. The third kappa shape index (κ3) is 3.16. The molecule has 0 radical (unpaired) electrons. The van der Waals surface area contributed by atoms with Crippen LogP contribution in [0.1, 0.15) is 16.8 Å². The van der Waals surface area contributed by atoms with Gasteiger partial charge in [-0.1, -0.05) is 29.8 Å². The number of rotatable bonds is 3. The van der Waals surface area contributed by atoms with Gasteiger partial charge in [0, 0.05) is 30.9 Å². The van der Waals surface area contributed by atoms with Gasteiger partial charge in [-0.2, -0.15) is 0 Å². The Balaban J connectivity index is 1.63. The highest BCUT2D eigenvalue weighted by molar-refractivity contribution is 6.32. The zero-order valence-electron chi connectivity index (χ0n) is 11.5. The Kier molecular flexibility index (Phi) is 4.06. The number of aromatic nitrogens is 1. The normalized spacial score (nSPS) is 17.8. The fourth-order valence-corrected chi connectivity index (χ4v) is 2.78. The third-order valence-corrected chi connectivity index (χ3v) is 3.89. The average Bonchev–Trinajstić information content (AvgIpc) is 2.97. The van der Waals surface area contributed by atoms with Crippen LogP contribution in [0.25, 0.3) is 0 Å². The van der Waals surface area contributed by atoms with E-state index < -0.39 is 0 Å². The lowest BCUT2D eigenvalue weighted by Gasteiger charge is -2.18. The smallest absolute Gasteiger partial charge is 0.251 e. The molecule has 5 heteroatoms. The van der Waals surface area contributed by atoms with Crippen molar-refractivity contribution in [1.29, 1.82) is 0 Å². The number of halogens is 1. The van der Waals surface area contributed by atoms with E-state index in [4.69, 9.17) is 11.6 Å². The van der Waals surface area contributed by atoms with Crippen LogP contribution in [-0.4, -0.2) is 30.0 Å². The Bertz CT molecular complexity index is 632. The molecule has 1 aromatic carbocycles. The van der Waals surface area contributed by atoms with Crippen LogP contribution < -0.4 is 10.2 Å². The Morgan fingerprint density at radius 2 is 2.05 bits per heavy atom. The highest BCUT2D eigenvalue weighted by Crippen LogP contribution is 2.25. The lowest BCUT2D eigenvalue weighted by molar-refractivity contribution is 0.0940. The summed E-state index contributed by atoms with van der Waals surface area (Å²) >= 11 is 6.16. The maximum absolute atomic E-state index is 12.1. The van der Waals surface area contributed by atoms with Gasteiger partial charge in [0.1, 0.15) is 5.82 Å². The third-order valence-electron chi connectivity index (χ3n) is 3.60. The topological polar surface area (TPSA) is 45.2 Å². The maximum Gasteiger partial charge on any atom is 0.251 e. The van der Waals surface area contributed by atoms with Crippen LogP contribution in [0.15, 0.2) is 48.7 Å². The number of hydrogen-bond acceptors (Lipinski definition) is 3. The van der Waals surface area contributed by atoms with Gasteiger partial charge in [-0.25, -0.2) is 4.98 Å². The summed E-state index contributed by atoms with van der Waals surface area (Å²) in [5, 5.41) is 3.71. The van der Waals surface area contributed by atoms with Gasteiger partial charge < -0.3 is 10.2 Å². The Labute approximate surface area is 128 Å². The van der Waals surface area contributed by atoms with Crippen LogP contribution >= 0.6 is 11.6 Å². The molecule has 2 heterocycles. The number of pyridine rings is 1. The molecule has 1 amide bonds. The Morgan fingerprint density at radius 3 is 2.81 bits per heavy atom. The van der Waals surface area contributed by atoms with Crippen molar-refractivity contribution in [3.05, 3.63) is 59.2 Å². The van der Waals surface area contributed by atoms with Crippen molar-refractivity contribution in [3.63, 3.8) is 0 Å². The molecular weight excluding hydrogens is 286 g/mol. The fourth-order valence-electron chi connectivity index (χ4n) is 2.54. The van der Waals surface area contributed by atoms with E-state index in [-0.39, 0.29) is 11.9 Å². The summed E-state index contributed by atoms with van der Waals surface area (Å²) in [7, 11) is 0. The maximum atomic E-state index is 12.1. The molecule has 1 aromatic heterocycles. The van der Waals surface area contributed by atoms with E-state index in [1.54, 1.807) is 6.20 Å². The van der Waals surface area contributed by atoms with Gasteiger partial charge in [0.05, 0.1) is 5.02 Å². The van der Waals surface area contributed by atoms with Crippen LogP contribution in [0.4, 0.5) is 5.82 Å². The van der Waals surface area contributed by atoms with E-state index in [0.717, 1.165) is 25.3 Å². The summed E-state index contributed by atoms with van der Waals surface area (Å²) in [6.45, 7) is 1.58. The molecule has 3 rings (SSSR count). The summed E-state index contributed by atoms with van der Waals surface area (Å²) in [6.07, 6.45) is 2.63.